The van der Waals surface area contributed by atoms with Crippen molar-refractivity contribution >= 4 is 25.7 Å². The molecule has 0 aromatic heterocycles. The molecule has 0 saturated heterocycles. The predicted molar refractivity (Wildman–Crippen MR) is 109 cm³/mol. The highest BCUT2D eigenvalue weighted by Crippen LogP contribution is 2.42. The van der Waals surface area contributed by atoms with Crippen LogP contribution in [0.1, 0.15) is 20.8 Å². The Morgan fingerprint density at radius 1 is 0.885 bits per heavy atom. The molecule has 0 radical (unpaired) electrons. The van der Waals surface area contributed by atoms with Gasteiger partial charge in [-0.15, -0.1) is 0 Å². The van der Waals surface area contributed by atoms with Gasteiger partial charge in [-0.25, -0.2) is 4.79 Å². The van der Waals surface area contributed by atoms with Gasteiger partial charge < -0.3 is 18.3 Å². The molecule has 0 N–H and O–H groups in total. The zero-order valence-corrected chi connectivity index (χ0v) is 18.8. The summed E-state index contributed by atoms with van der Waals surface area (Å²) in [7, 11) is -1.55. The average molecular weight is 391 g/mol. The molecule has 0 fully saturated rings. The molecule has 0 saturated carbocycles. The van der Waals surface area contributed by atoms with Gasteiger partial charge in [0.25, 0.3) is 0 Å². The first-order valence-electron chi connectivity index (χ1n) is 8.74. The third kappa shape index (κ3) is 5.64. The van der Waals surface area contributed by atoms with Crippen LogP contribution in [0, 0.1) is 0 Å². The second kappa shape index (κ2) is 8.91. The Labute approximate surface area is 159 Å². The molecule has 0 aliphatic rings. The van der Waals surface area contributed by atoms with E-state index in [1.165, 1.54) is 0 Å². The highest BCUT2D eigenvalue weighted by Gasteiger charge is 2.23. The summed E-state index contributed by atoms with van der Waals surface area (Å²) in [6.45, 7) is 9.40. The first kappa shape index (κ1) is 20.1. The summed E-state index contributed by atoms with van der Waals surface area (Å²) < 4.78 is 22.5. The fourth-order valence-corrected chi connectivity index (χ4v) is 3.40. The van der Waals surface area contributed by atoms with Crippen LogP contribution in [0.5, 0.6) is 17.2 Å². The minimum Gasteiger partial charge on any atom is -0.547 e. The lowest BCUT2D eigenvalue weighted by atomic mass is 10.0. The Balaban J connectivity index is 2.46. The third-order valence-corrected chi connectivity index (χ3v) is 4.50. The van der Waals surface area contributed by atoms with Crippen LogP contribution in [-0.4, -0.2) is 31.3 Å². The molecular formula is C19H26O5Si2. The Bertz CT molecular complexity index is 714. The van der Waals surface area contributed by atoms with Gasteiger partial charge in [-0.2, -0.15) is 0 Å². The summed E-state index contributed by atoms with van der Waals surface area (Å²) in [5.41, 5.74) is 1.36. The number of hydrogen-bond donors (Lipinski definition) is 0. The number of carbonyl (C=O) groups excluding carboxylic acids is 1. The Kier molecular flexibility index (Phi) is 6.87. The molecule has 0 heterocycles. The quantitative estimate of drug-likeness (QED) is 0.428. The molecule has 0 bridgehead atoms. The van der Waals surface area contributed by atoms with Crippen molar-refractivity contribution in [2.45, 2.75) is 39.5 Å². The number of rotatable bonds is 6. The minimum atomic E-state index is -0.775. The largest absolute Gasteiger partial charge is 0.547 e. The molecular weight excluding hydrogens is 364 g/mol. The molecule has 0 unspecified atom stereocenters. The van der Waals surface area contributed by atoms with Crippen molar-refractivity contribution in [1.29, 1.82) is 0 Å². The molecule has 0 atom stereocenters. The third-order valence-electron chi connectivity index (χ3n) is 3.30. The van der Waals surface area contributed by atoms with Crippen LogP contribution >= 0.6 is 0 Å². The normalized spacial score (nSPS) is 11.9. The molecule has 0 amide bonds. The molecule has 0 aliphatic carbocycles. The molecule has 2 aromatic rings. The highest BCUT2D eigenvalue weighted by atomic mass is 28.2. The van der Waals surface area contributed by atoms with E-state index < -0.39 is 31.3 Å². The van der Waals surface area contributed by atoms with Crippen LogP contribution in [0.25, 0.3) is 11.1 Å². The van der Waals surface area contributed by atoms with Crippen molar-refractivity contribution in [3.05, 3.63) is 42.5 Å². The molecule has 0 aliphatic heterocycles. The second-order valence-corrected chi connectivity index (χ2v) is 8.33. The molecule has 7 heteroatoms. The van der Waals surface area contributed by atoms with Gasteiger partial charge in [0.2, 0.25) is 25.3 Å². The van der Waals surface area contributed by atoms with E-state index in [1.54, 1.807) is 20.8 Å². The van der Waals surface area contributed by atoms with E-state index in [9.17, 15) is 4.79 Å². The lowest BCUT2D eigenvalue weighted by Gasteiger charge is -2.21. The van der Waals surface area contributed by atoms with Crippen LogP contribution in [0.4, 0.5) is 4.79 Å². The number of hydrogen-bond acceptors (Lipinski definition) is 5. The van der Waals surface area contributed by atoms with E-state index in [2.05, 4.69) is 0 Å². The maximum Gasteiger partial charge on any atom is 0.514 e. The molecule has 140 valence electrons. The summed E-state index contributed by atoms with van der Waals surface area (Å²) in [6, 6.07) is 13.7. The van der Waals surface area contributed by atoms with Gasteiger partial charge in [0.1, 0.15) is 5.60 Å². The fraction of sp³-hybridized carbons (Fsp3) is 0.316. The van der Waals surface area contributed by atoms with E-state index >= 15 is 0 Å². The van der Waals surface area contributed by atoms with Gasteiger partial charge in [0, 0.05) is 0 Å². The molecule has 26 heavy (non-hydrogen) atoms. The summed E-state index contributed by atoms with van der Waals surface area (Å²) in [5.74, 6) is 1.33. The number of ether oxygens (including phenoxy) is 2. The fourth-order valence-electron chi connectivity index (χ4n) is 2.35. The first-order chi connectivity index (χ1) is 12.3. The molecule has 5 nitrogen and oxygen atoms in total. The van der Waals surface area contributed by atoms with Crippen LogP contribution < -0.4 is 13.6 Å². The van der Waals surface area contributed by atoms with E-state index in [4.69, 9.17) is 18.3 Å². The summed E-state index contributed by atoms with van der Waals surface area (Å²) in [4.78, 5) is 12.2. The van der Waals surface area contributed by atoms with E-state index in [0.29, 0.717) is 17.2 Å². The smallest absolute Gasteiger partial charge is 0.514 e. The standard InChI is InChI=1S/C19H26O5Si2/c1-19(2,3)22-18(20)21-17-15(23-25-4)11-14(12-16(17)24-26-5)13-9-7-6-8-10-13/h6-12H,25-26H2,1-5H3. The van der Waals surface area contributed by atoms with Gasteiger partial charge in [0.05, 0.1) is 0 Å². The Morgan fingerprint density at radius 2 is 1.42 bits per heavy atom. The van der Waals surface area contributed by atoms with Crippen molar-refractivity contribution in [3.8, 4) is 28.4 Å². The predicted octanol–water partition coefficient (Wildman–Crippen LogP) is 3.69. The van der Waals surface area contributed by atoms with Gasteiger partial charge in [-0.3, -0.25) is 0 Å². The average Bonchev–Trinajstić information content (AvgIpc) is 2.57. The Morgan fingerprint density at radius 3 is 1.88 bits per heavy atom. The van der Waals surface area contributed by atoms with Crippen molar-refractivity contribution in [1.82, 2.24) is 0 Å². The second-order valence-electron chi connectivity index (χ2n) is 6.60. The Hall–Kier alpha value is -2.26. The molecule has 2 aromatic carbocycles. The molecule has 2 rings (SSSR count). The summed E-state index contributed by atoms with van der Waals surface area (Å²) in [5, 5.41) is 0. The number of carbonyl (C=O) groups is 1. The summed E-state index contributed by atoms with van der Waals surface area (Å²) >= 11 is 0. The van der Waals surface area contributed by atoms with Gasteiger partial charge in [-0.05, 0) is 57.1 Å². The lowest BCUT2D eigenvalue weighted by molar-refractivity contribution is 0.0199. The van der Waals surface area contributed by atoms with Gasteiger partial charge in [-0.1, -0.05) is 30.3 Å². The number of benzene rings is 2. The van der Waals surface area contributed by atoms with Crippen molar-refractivity contribution in [3.63, 3.8) is 0 Å². The van der Waals surface area contributed by atoms with Crippen molar-refractivity contribution in [2.24, 2.45) is 0 Å². The van der Waals surface area contributed by atoms with Crippen molar-refractivity contribution < 1.29 is 23.1 Å². The van der Waals surface area contributed by atoms with Crippen LogP contribution in [0.15, 0.2) is 42.5 Å². The molecule has 0 spiro atoms. The van der Waals surface area contributed by atoms with E-state index in [0.717, 1.165) is 11.1 Å². The van der Waals surface area contributed by atoms with E-state index in [1.807, 2.05) is 55.6 Å². The van der Waals surface area contributed by atoms with Gasteiger partial charge >= 0.3 is 6.16 Å². The topological polar surface area (TPSA) is 54.0 Å². The zero-order valence-electron chi connectivity index (χ0n) is 16.0. The monoisotopic (exact) mass is 390 g/mol. The van der Waals surface area contributed by atoms with Crippen LogP contribution in [0.2, 0.25) is 13.1 Å². The minimum absolute atomic E-state index is 0.294. The first-order valence-corrected chi connectivity index (χ1v) is 12.7. The van der Waals surface area contributed by atoms with Gasteiger partial charge in [0.15, 0.2) is 11.5 Å². The van der Waals surface area contributed by atoms with Crippen molar-refractivity contribution in [2.75, 3.05) is 0 Å². The SMILES string of the molecule is C[SiH2]Oc1cc(-c2ccccc2)cc(O[SiH2]C)c1OC(=O)OC(C)(C)C. The summed E-state index contributed by atoms with van der Waals surface area (Å²) in [6.07, 6.45) is -0.768. The van der Waals surface area contributed by atoms with E-state index in [-0.39, 0.29) is 0 Å². The maximum atomic E-state index is 12.2. The highest BCUT2D eigenvalue weighted by molar-refractivity contribution is 6.27. The van der Waals surface area contributed by atoms with Crippen LogP contribution in [-0.2, 0) is 4.74 Å². The lowest BCUT2D eigenvalue weighted by Crippen LogP contribution is -2.26. The van der Waals surface area contributed by atoms with Crippen LogP contribution in [0.3, 0.4) is 0 Å². The maximum absolute atomic E-state index is 12.2. The zero-order chi connectivity index (χ0) is 19.2.